The first-order valence-corrected chi connectivity index (χ1v) is 8.89. The van der Waals surface area contributed by atoms with Crippen molar-refractivity contribution in [1.29, 1.82) is 0 Å². The van der Waals surface area contributed by atoms with Gasteiger partial charge in [-0.2, -0.15) is 0 Å². The summed E-state index contributed by atoms with van der Waals surface area (Å²) in [4.78, 5) is 13.7. The maximum Gasteiger partial charge on any atom is 0.219 e. The van der Waals surface area contributed by atoms with Crippen molar-refractivity contribution < 1.29 is 9.53 Å². The fourth-order valence-corrected chi connectivity index (χ4v) is 2.96. The Morgan fingerprint density at radius 1 is 1.28 bits per heavy atom. The van der Waals surface area contributed by atoms with Gasteiger partial charge in [-0.1, -0.05) is 74.7 Å². The number of hydrogen-bond donors (Lipinski definition) is 0. The SMILES string of the molecule is C#CCOC1C=CC(C)C1N(CC(C)C)C(C)=O.Cc1ccccc1. The Bertz CT molecular complexity index is 586. The third-order valence-electron chi connectivity index (χ3n) is 4.11. The highest BCUT2D eigenvalue weighted by atomic mass is 16.5. The molecule has 136 valence electrons. The van der Waals surface area contributed by atoms with Gasteiger partial charge in [0.1, 0.15) is 6.61 Å². The van der Waals surface area contributed by atoms with Gasteiger partial charge in [0.15, 0.2) is 0 Å². The van der Waals surface area contributed by atoms with E-state index in [1.807, 2.05) is 29.2 Å². The Kier molecular flexibility index (Phi) is 9.02. The summed E-state index contributed by atoms with van der Waals surface area (Å²) in [5.74, 6) is 3.32. The van der Waals surface area contributed by atoms with Crippen molar-refractivity contribution in [3.05, 3.63) is 48.0 Å². The molecule has 0 bridgehead atoms. The number of aryl methyl sites for hydroxylation is 1. The number of benzene rings is 1. The third kappa shape index (κ3) is 7.15. The molecule has 0 radical (unpaired) electrons. The molecule has 25 heavy (non-hydrogen) atoms. The van der Waals surface area contributed by atoms with Crippen LogP contribution in [0, 0.1) is 31.1 Å². The van der Waals surface area contributed by atoms with Gasteiger partial charge in [0.05, 0.1) is 12.1 Å². The van der Waals surface area contributed by atoms with Gasteiger partial charge < -0.3 is 9.64 Å². The summed E-state index contributed by atoms with van der Waals surface area (Å²) < 4.78 is 5.63. The lowest BCUT2D eigenvalue weighted by Crippen LogP contribution is -2.49. The van der Waals surface area contributed by atoms with E-state index in [2.05, 4.69) is 51.8 Å². The number of terminal acetylenes is 1. The minimum atomic E-state index is -0.0845. The molecular formula is C22H31NO2. The van der Waals surface area contributed by atoms with Gasteiger partial charge in [-0.05, 0) is 18.8 Å². The number of amides is 1. The molecule has 0 spiro atoms. The van der Waals surface area contributed by atoms with Crippen LogP contribution >= 0.6 is 0 Å². The van der Waals surface area contributed by atoms with Crippen LogP contribution in [0.5, 0.6) is 0 Å². The normalized spacial score (nSPS) is 21.4. The van der Waals surface area contributed by atoms with Gasteiger partial charge in [-0.15, -0.1) is 6.42 Å². The van der Waals surface area contributed by atoms with Gasteiger partial charge in [0, 0.05) is 13.5 Å². The predicted molar refractivity (Wildman–Crippen MR) is 104 cm³/mol. The summed E-state index contributed by atoms with van der Waals surface area (Å²) in [5.41, 5.74) is 1.32. The van der Waals surface area contributed by atoms with Crippen molar-refractivity contribution in [2.24, 2.45) is 11.8 Å². The van der Waals surface area contributed by atoms with Crippen LogP contribution in [-0.4, -0.2) is 36.1 Å². The van der Waals surface area contributed by atoms with E-state index in [9.17, 15) is 4.79 Å². The van der Waals surface area contributed by atoms with Crippen LogP contribution in [0.3, 0.4) is 0 Å². The van der Waals surface area contributed by atoms with Crippen LogP contribution in [0.15, 0.2) is 42.5 Å². The molecule has 1 aliphatic rings. The summed E-state index contributed by atoms with van der Waals surface area (Å²) >= 11 is 0. The first-order chi connectivity index (χ1) is 11.9. The Labute approximate surface area is 153 Å². The number of ether oxygens (including phenoxy) is 1. The van der Waals surface area contributed by atoms with Crippen LogP contribution in [0.1, 0.15) is 33.3 Å². The molecule has 1 aliphatic carbocycles. The van der Waals surface area contributed by atoms with E-state index in [0.29, 0.717) is 11.8 Å². The van der Waals surface area contributed by atoms with Crippen LogP contribution in [0.2, 0.25) is 0 Å². The molecule has 0 aliphatic heterocycles. The Hall–Kier alpha value is -2.05. The number of nitrogens with zero attached hydrogens (tertiary/aromatic N) is 1. The van der Waals surface area contributed by atoms with Gasteiger partial charge >= 0.3 is 0 Å². The summed E-state index contributed by atoms with van der Waals surface area (Å²) in [6.45, 7) is 11.1. The second-order valence-electron chi connectivity index (χ2n) is 6.93. The molecule has 3 atom stereocenters. The Balaban J connectivity index is 0.000000370. The molecule has 1 aromatic carbocycles. The molecule has 0 aromatic heterocycles. The molecule has 0 N–H and O–H groups in total. The van der Waals surface area contributed by atoms with Gasteiger partial charge in [0.2, 0.25) is 5.91 Å². The standard InChI is InChI=1S/C15H23NO2.C7H8/c1-6-9-18-14-8-7-12(4)15(14)16(13(5)17)10-11(2)3;1-7-5-3-2-4-6-7/h1,7-8,11-12,14-15H,9-10H2,2-5H3;2-6H,1H3. The summed E-state index contributed by atoms with van der Waals surface area (Å²) in [6, 6.07) is 10.3. The third-order valence-corrected chi connectivity index (χ3v) is 4.11. The summed E-state index contributed by atoms with van der Waals surface area (Å²) in [6.07, 6.45) is 9.26. The second kappa shape index (κ2) is 10.7. The molecule has 0 saturated heterocycles. The van der Waals surface area contributed by atoms with E-state index in [-0.39, 0.29) is 24.7 Å². The molecule has 3 heteroatoms. The quantitative estimate of drug-likeness (QED) is 0.596. The lowest BCUT2D eigenvalue weighted by Gasteiger charge is -2.35. The average molecular weight is 341 g/mol. The fraction of sp³-hybridized carbons (Fsp3) is 0.500. The van der Waals surface area contributed by atoms with E-state index in [1.165, 1.54) is 5.56 Å². The molecule has 0 saturated carbocycles. The Morgan fingerprint density at radius 3 is 2.36 bits per heavy atom. The average Bonchev–Trinajstić information content (AvgIpc) is 2.92. The zero-order valence-electron chi connectivity index (χ0n) is 16.1. The highest BCUT2D eigenvalue weighted by molar-refractivity contribution is 5.74. The van der Waals surface area contributed by atoms with E-state index in [1.54, 1.807) is 6.92 Å². The monoisotopic (exact) mass is 341 g/mol. The summed E-state index contributed by atoms with van der Waals surface area (Å²) in [7, 11) is 0. The van der Waals surface area contributed by atoms with Crippen LogP contribution in [0.25, 0.3) is 0 Å². The molecular weight excluding hydrogens is 310 g/mol. The molecule has 2 rings (SSSR count). The molecule has 3 unspecified atom stereocenters. The minimum absolute atomic E-state index is 0.0678. The number of carbonyl (C=O) groups is 1. The lowest BCUT2D eigenvalue weighted by atomic mass is 10.0. The minimum Gasteiger partial charge on any atom is -0.359 e. The topological polar surface area (TPSA) is 29.5 Å². The number of carbonyl (C=O) groups excluding carboxylic acids is 1. The highest BCUT2D eigenvalue weighted by Crippen LogP contribution is 2.27. The first kappa shape index (κ1) is 21.0. The van der Waals surface area contributed by atoms with Crippen LogP contribution in [0.4, 0.5) is 0 Å². The lowest BCUT2D eigenvalue weighted by molar-refractivity contribution is -0.135. The molecule has 1 aromatic rings. The van der Waals surface area contributed by atoms with Gasteiger partial charge in [-0.3, -0.25) is 4.79 Å². The largest absolute Gasteiger partial charge is 0.359 e. The Morgan fingerprint density at radius 2 is 1.92 bits per heavy atom. The smallest absolute Gasteiger partial charge is 0.219 e. The predicted octanol–water partition coefficient (Wildman–Crippen LogP) is 4.08. The van der Waals surface area contributed by atoms with Crippen molar-refractivity contribution in [2.75, 3.05) is 13.2 Å². The second-order valence-corrected chi connectivity index (χ2v) is 6.93. The van der Waals surface area contributed by atoms with Crippen molar-refractivity contribution in [3.8, 4) is 12.3 Å². The zero-order chi connectivity index (χ0) is 18.8. The van der Waals surface area contributed by atoms with Crippen LogP contribution in [-0.2, 0) is 9.53 Å². The van der Waals surface area contributed by atoms with Gasteiger partial charge in [0.25, 0.3) is 0 Å². The highest BCUT2D eigenvalue weighted by Gasteiger charge is 2.36. The van der Waals surface area contributed by atoms with Crippen molar-refractivity contribution >= 4 is 5.91 Å². The maximum atomic E-state index is 11.8. The summed E-state index contributed by atoms with van der Waals surface area (Å²) in [5, 5.41) is 0. The molecule has 1 amide bonds. The molecule has 0 fully saturated rings. The first-order valence-electron chi connectivity index (χ1n) is 8.89. The maximum absolute atomic E-state index is 11.8. The van der Waals surface area contributed by atoms with Crippen molar-refractivity contribution in [2.45, 2.75) is 46.8 Å². The van der Waals surface area contributed by atoms with E-state index in [4.69, 9.17) is 11.2 Å². The van der Waals surface area contributed by atoms with Crippen LogP contribution < -0.4 is 0 Å². The van der Waals surface area contributed by atoms with E-state index < -0.39 is 0 Å². The number of rotatable bonds is 5. The number of hydrogen-bond acceptors (Lipinski definition) is 2. The zero-order valence-corrected chi connectivity index (χ0v) is 16.1. The van der Waals surface area contributed by atoms with E-state index in [0.717, 1.165) is 6.54 Å². The van der Waals surface area contributed by atoms with Crippen molar-refractivity contribution in [1.82, 2.24) is 4.90 Å². The van der Waals surface area contributed by atoms with E-state index >= 15 is 0 Å². The van der Waals surface area contributed by atoms with Gasteiger partial charge in [-0.25, -0.2) is 0 Å². The fourth-order valence-electron chi connectivity index (χ4n) is 2.96. The molecule has 0 heterocycles. The molecule has 3 nitrogen and oxygen atoms in total. The van der Waals surface area contributed by atoms with Crippen molar-refractivity contribution in [3.63, 3.8) is 0 Å².